The number of hydrogen-bond donors (Lipinski definition) is 2. The van der Waals surface area contributed by atoms with E-state index in [4.69, 9.17) is 0 Å². The fourth-order valence-corrected chi connectivity index (χ4v) is 3.60. The van der Waals surface area contributed by atoms with Crippen LogP contribution < -0.4 is 5.32 Å². The van der Waals surface area contributed by atoms with Gasteiger partial charge in [0.2, 0.25) is 11.9 Å². The molecule has 0 bridgehead atoms. The molecule has 6 nitrogen and oxygen atoms in total. The number of rotatable bonds is 5. The smallest absolute Gasteiger partial charge is 0.385 e. The molecule has 0 aliphatic heterocycles. The summed E-state index contributed by atoms with van der Waals surface area (Å²) in [6.45, 7) is 1.54. The third-order valence-electron chi connectivity index (χ3n) is 5.45. The molecular formula is C21H21F3N4O2. The maximum Gasteiger partial charge on any atom is 0.417 e. The Kier molecular flexibility index (Phi) is 5.01. The van der Waals surface area contributed by atoms with Crippen molar-refractivity contribution in [2.75, 3.05) is 5.32 Å². The largest absolute Gasteiger partial charge is 0.417 e. The van der Waals surface area contributed by atoms with Crippen LogP contribution in [-0.4, -0.2) is 25.5 Å². The molecule has 0 spiro atoms. The Morgan fingerprint density at radius 1 is 1.23 bits per heavy atom. The molecule has 0 saturated heterocycles. The van der Waals surface area contributed by atoms with Crippen molar-refractivity contribution in [3.63, 3.8) is 0 Å². The van der Waals surface area contributed by atoms with Crippen LogP contribution in [-0.2, 0) is 16.6 Å². The SMILES string of the molecule is C[C@](O)(CC(=O)Nc1nc2cc(C(F)(F)F)cnc2n1C1CCC1)c1ccccc1. The van der Waals surface area contributed by atoms with Gasteiger partial charge in [0.05, 0.1) is 17.6 Å². The minimum Gasteiger partial charge on any atom is -0.385 e. The van der Waals surface area contributed by atoms with Gasteiger partial charge >= 0.3 is 6.18 Å². The predicted octanol–water partition coefficient (Wildman–Crippen LogP) is 4.41. The number of benzene rings is 1. The lowest BCUT2D eigenvalue weighted by Gasteiger charge is -2.29. The van der Waals surface area contributed by atoms with Crippen LogP contribution >= 0.6 is 0 Å². The highest BCUT2D eigenvalue weighted by Crippen LogP contribution is 2.38. The minimum atomic E-state index is -4.53. The molecule has 1 aliphatic rings. The minimum absolute atomic E-state index is 0.0178. The molecule has 1 saturated carbocycles. The number of nitrogens with zero attached hydrogens (tertiary/aromatic N) is 3. The number of imidazole rings is 1. The van der Waals surface area contributed by atoms with Crippen LogP contribution in [0.15, 0.2) is 42.6 Å². The van der Waals surface area contributed by atoms with Crippen molar-refractivity contribution in [1.82, 2.24) is 14.5 Å². The number of anilines is 1. The van der Waals surface area contributed by atoms with E-state index in [2.05, 4.69) is 15.3 Å². The molecule has 1 atom stereocenters. The molecule has 1 fully saturated rings. The number of fused-ring (bicyclic) bond motifs is 1. The van der Waals surface area contributed by atoms with E-state index in [1.807, 2.05) is 6.07 Å². The van der Waals surface area contributed by atoms with Gasteiger partial charge in [-0.25, -0.2) is 9.97 Å². The highest BCUT2D eigenvalue weighted by Gasteiger charge is 2.33. The normalized spacial score (nSPS) is 16.8. The van der Waals surface area contributed by atoms with Crippen LogP contribution in [0.2, 0.25) is 0 Å². The Balaban J connectivity index is 1.63. The van der Waals surface area contributed by atoms with E-state index >= 15 is 0 Å². The lowest BCUT2D eigenvalue weighted by atomic mass is 9.92. The molecule has 2 N–H and O–H groups in total. The number of aromatic nitrogens is 3. The van der Waals surface area contributed by atoms with E-state index in [1.54, 1.807) is 28.8 Å². The molecule has 1 aromatic carbocycles. The number of amides is 1. The first-order valence-corrected chi connectivity index (χ1v) is 9.68. The van der Waals surface area contributed by atoms with Gasteiger partial charge in [-0.15, -0.1) is 0 Å². The maximum absolute atomic E-state index is 13.0. The summed E-state index contributed by atoms with van der Waals surface area (Å²) in [7, 11) is 0. The van der Waals surface area contributed by atoms with Crippen LogP contribution in [0.25, 0.3) is 11.2 Å². The number of hydrogen-bond acceptors (Lipinski definition) is 4. The van der Waals surface area contributed by atoms with E-state index in [0.29, 0.717) is 11.2 Å². The van der Waals surface area contributed by atoms with E-state index in [0.717, 1.165) is 31.5 Å². The molecular weight excluding hydrogens is 397 g/mol. The first-order chi connectivity index (χ1) is 14.1. The molecule has 0 unspecified atom stereocenters. The average molecular weight is 418 g/mol. The topological polar surface area (TPSA) is 80.0 Å². The fraction of sp³-hybridized carbons (Fsp3) is 0.381. The third-order valence-corrected chi connectivity index (χ3v) is 5.45. The Labute approximate surface area is 170 Å². The van der Waals surface area contributed by atoms with Gasteiger partial charge in [0, 0.05) is 12.2 Å². The summed E-state index contributed by atoms with van der Waals surface area (Å²) in [5.74, 6) is -0.342. The summed E-state index contributed by atoms with van der Waals surface area (Å²) in [5, 5.41) is 13.4. The number of nitrogens with one attached hydrogen (secondary N) is 1. The monoisotopic (exact) mass is 418 g/mol. The Morgan fingerprint density at radius 3 is 2.53 bits per heavy atom. The third kappa shape index (κ3) is 3.89. The molecule has 0 radical (unpaired) electrons. The summed E-state index contributed by atoms with van der Waals surface area (Å²) in [5.41, 5.74) is -1.33. The molecule has 1 aliphatic carbocycles. The fourth-order valence-electron chi connectivity index (χ4n) is 3.60. The van der Waals surface area contributed by atoms with Crippen molar-refractivity contribution < 1.29 is 23.1 Å². The summed E-state index contributed by atoms with van der Waals surface area (Å²) in [6, 6.07) is 9.74. The highest BCUT2D eigenvalue weighted by molar-refractivity contribution is 5.91. The van der Waals surface area contributed by atoms with Crippen molar-refractivity contribution in [3.8, 4) is 0 Å². The molecule has 1 amide bonds. The van der Waals surface area contributed by atoms with Crippen LogP contribution in [0.1, 0.15) is 49.8 Å². The van der Waals surface area contributed by atoms with Crippen molar-refractivity contribution in [1.29, 1.82) is 0 Å². The lowest BCUT2D eigenvalue weighted by molar-refractivity contribution is -0.137. The van der Waals surface area contributed by atoms with Crippen molar-refractivity contribution in [2.24, 2.45) is 0 Å². The number of carbonyl (C=O) groups is 1. The van der Waals surface area contributed by atoms with Gasteiger partial charge < -0.3 is 5.11 Å². The van der Waals surface area contributed by atoms with Gasteiger partial charge in [0.15, 0.2) is 5.65 Å². The molecule has 2 aromatic heterocycles. The van der Waals surface area contributed by atoms with Crippen LogP contribution in [0.4, 0.5) is 19.1 Å². The first kappa shape index (κ1) is 20.3. The zero-order valence-electron chi connectivity index (χ0n) is 16.3. The quantitative estimate of drug-likeness (QED) is 0.643. The number of aliphatic hydroxyl groups is 1. The Hall–Kier alpha value is -2.94. The Bertz CT molecular complexity index is 1070. The van der Waals surface area contributed by atoms with Crippen LogP contribution in [0.3, 0.4) is 0 Å². The second kappa shape index (κ2) is 7.39. The molecule has 4 rings (SSSR count). The van der Waals surface area contributed by atoms with Crippen LogP contribution in [0, 0.1) is 0 Å². The number of alkyl halides is 3. The van der Waals surface area contributed by atoms with Crippen molar-refractivity contribution in [2.45, 2.75) is 50.4 Å². The van der Waals surface area contributed by atoms with Gasteiger partial charge in [0.25, 0.3) is 0 Å². The predicted molar refractivity (Wildman–Crippen MR) is 105 cm³/mol. The zero-order chi connectivity index (χ0) is 21.5. The first-order valence-electron chi connectivity index (χ1n) is 9.68. The van der Waals surface area contributed by atoms with Gasteiger partial charge in [-0.2, -0.15) is 13.2 Å². The van der Waals surface area contributed by atoms with E-state index < -0.39 is 23.2 Å². The number of carbonyl (C=O) groups excluding carboxylic acids is 1. The van der Waals surface area contributed by atoms with E-state index in [9.17, 15) is 23.1 Å². The summed E-state index contributed by atoms with van der Waals surface area (Å²) < 4.78 is 40.8. The van der Waals surface area contributed by atoms with Crippen molar-refractivity contribution in [3.05, 3.63) is 53.7 Å². The van der Waals surface area contributed by atoms with E-state index in [-0.39, 0.29) is 23.9 Å². The maximum atomic E-state index is 13.0. The molecule has 9 heteroatoms. The second-order valence-electron chi connectivity index (χ2n) is 7.82. The molecule has 30 heavy (non-hydrogen) atoms. The Morgan fingerprint density at radius 2 is 1.93 bits per heavy atom. The summed E-state index contributed by atoms with van der Waals surface area (Å²) in [4.78, 5) is 20.9. The highest BCUT2D eigenvalue weighted by atomic mass is 19.4. The van der Waals surface area contributed by atoms with Crippen LogP contribution in [0.5, 0.6) is 0 Å². The molecule has 2 heterocycles. The zero-order valence-corrected chi connectivity index (χ0v) is 16.3. The second-order valence-corrected chi connectivity index (χ2v) is 7.82. The van der Waals surface area contributed by atoms with Gasteiger partial charge in [0.1, 0.15) is 5.52 Å². The van der Waals surface area contributed by atoms with E-state index in [1.165, 1.54) is 6.92 Å². The van der Waals surface area contributed by atoms with Gasteiger partial charge in [-0.05, 0) is 37.8 Å². The lowest BCUT2D eigenvalue weighted by Crippen LogP contribution is -2.30. The number of halogens is 3. The number of pyridine rings is 1. The van der Waals surface area contributed by atoms with Gasteiger partial charge in [-0.1, -0.05) is 30.3 Å². The van der Waals surface area contributed by atoms with Crippen molar-refractivity contribution >= 4 is 23.0 Å². The summed E-state index contributed by atoms with van der Waals surface area (Å²) >= 11 is 0. The van der Waals surface area contributed by atoms with Gasteiger partial charge in [-0.3, -0.25) is 14.7 Å². The standard InChI is InChI=1S/C21H21F3N4O2/c1-20(30,13-6-3-2-4-7-13)11-17(29)27-19-26-16-10-14(21(22,23)24)12-25-18(16)28(19)15-8-5-9-15/h2-4,6-7,10,12,15,30H,5,8-9,11H2,1H3,(H,26,27,29)/t20-/m0/s1. The molecule has 3 aromatic rings. The summed E-state index contributed by atoms with van der Waals surface area (Å²) in [6.07, 6.45) is -1.32. The molecule has 158 valence electrons. The average Bonchev–Trinajstić information content (AvgIpc) is 2.97.